The number of hydrogen-bond donors (Lipinski definition) is 2. The van der Waals surface area contributed by atoms with Gasteiger partial charge in [-0.15, -0.1) is 0 Å². The summed E-state index contributed by atoms with van der Waals surface area (Å²) in [6.07, 6.45) is 3.58. The zero-order chi connectivity index (χ0) is 13.4. The second kappa shape index (κ2) is 4.59. The number of aryl methyl sites for hydroxylation is 1. The van der Waals surface area contributed by atoms with Crippen LogP contribution in [0.15, 0.2) is 30.6 Å². The van der Waals surface area contributed by atoms with Gasteiger partial charge in [0.05, 0.1) is 11.9 Å². The quantitative estimate of drug-likeness (QED) is 0.906. The molecule has 0 fully saturated rings. The van der Waals surface area contributed by atoms with Crippen molar-refractivity contribution >= 4 is 28.9 Å². The van der Waals surface area contributed by atoms with Crippen LogP contribution in [0.4, 0.5) is 11.4 Å². The van der Waals surface area contributed by atoms with Crippen LogP contribution in [0.3, 0.4) is 0 Å². The Kier molecular flexibility index (Phi) is 2.91. The van der Waals surface area contributed by atoms with E-state index in [1.54, 1.807) is 23.0 Å². The fourth-order valence-corrected chi connectivity index (χ4v) is 2.33. The molecule has 6 heteroatoms. The second-order valence-corrected chi connectivity index (χ2v) is 4.82. The molecule has 0 saturated heterocycles. The van der Waals surface area contributed by atoms with Crippen LogP contribution in [-0.4, -0.2) is 15.7 Å². The lowest BCUT2D eigenvalue weighted by molar-refractivity contribution is -0.116. The predicted molar refractivity (Wildman–Crippen MR) is 74.3 cm³/mol. The number of anilines is 2. The molecule has 0 radical (unpaired) electrons. The maximum Gasteiger partial charge on any atom is 0.251 e. The van der Waals surface area contributed by atoms with E-state index in [1.165, 1.54) is 0 Å². The molecular formula is C13H13ClN4O. The number of aromatic nitrogens is 2. The molecule has 1 aromatic heterocycles. The average Bonchev–Trinajstić information content (AvgIpc) is 2.96. The molecule has 2 heterocycles. The number of hydrogen-bond acceptors (Lipinski definition) is 3. The zero-order valence-electron chi connectivity index (χ0n) is 10.4. The highest BCUT2D eigenvalue weighted by Gasteiger charge is 2.30. The Bertz CT molecular complexity index is 637. The summed E-state index contributed by atoms with van der Waals surface area (Å²) in [7, 11) is 0. The lowest BCUT2D eigenvalue weighted by atomic mass is 10.1. The Morgan fingerprint density at radius 1 is 1.53 bits per heavy atom. The lowest BCUT2D eigenvalue weighted by Crippen LogP contribution is -2.19. The molecule has 2 N–H and O–H groups in total. The number of halogens is 1. The molecule has 0 bridgehead atoms. The van der Waals surface area contributed by atoms with Gasteiger partial charge < -0.3 is 10.6 Å². The van der Waals surface area contributed by atoms with Crippen LogP contribution in [0.2, 0.25) is 5.02 Å². The van der Waals surface area contributed by atoms with Crippen LogP contribution in [-0.2, 0) is 11.3 Å². The van der Waals surface area contributed by atoms with Crippen molar-refractivity contribution in [3.05, 3.63) is 41.2 Å². The minimum atomic E-state index is -0.428. The topological polar surface area (TPSA) is 59.0 Å². The summed E-state index contributed by atoms with van der Waals surface area (Å²) in [6.45, 7) is 2.80. The lowest BCUT2D eigenvalue weighted by Gasteiger charge is -2.11. The second-order valence-electron chi connectivity index (χ2n) is 4.38. The predicted octanol–water partition coefficient (Wildman–Crippen LogP) is 2.66. The molecule has 2 aromatic rings. The molecule has 1 aliphatic rings. The van der Waals surface area contributed by atoms with Crippen molar-refractivity contribution in [3.8, 4) is 0 Å². The van der Waals surface area contributed by atoms with Crippen LogP contribution in [0.5, 0.6) is 0 Å². The first kappa shape index (κ1) is 12.0. The molecule has 1 aromatic carbocycles. The van der Waals surface area contributed by atoms with Crippen LogP contribution < -0.4 is 10.6 Å². The van der Waals surface area contributed by atoms with Crippen molar-refractivity contribution in [2.45, 2.75) is 19.5 Å². The molecule has 1 amide bonds. The Morgan fingerprint density at radius 2 is 2.37 bits per heavy atom. The van der Waals surface area contributed by atoms with E-state index in [0.29, 0.717) is 5.02 Å². The van der Waals surface area contributed by atoms with Crippen LogP contribution >= 0.6 is 11.6 Å². The van der Waals surface area contributed by atoms with E-state index in [2.05, 4.69) is 15.7 Å². The first-order valence-corrected chi connectivity index (χ1v) is 6.44. The number of rotatable bonds is 3. The summed E-state index contributed by atoms with van der Waals surface area (Å²) >= 11 is 5.98. The van der Waals surface area contributed by atoms with Gasteiger partial charge >= 0.3 is 0 Å². The zero-order valence-corrected chi connectivity index (χ0v) is 11.1. The molecule has 19 heavy (non-hydrogen) atoms. The standard InChI is InChI=1S/C13H13ClN4O/c1-2-18-7-9(6-15-18)16-12-10-5-8(14)3-4-11(10)17-13(12)19/h3-7,12,16H,2H2,1H3,(H,17,19). The highest BCUT2D eigenvalue weighted by Crippen LogP contribution is 2.34. The largest absolute Gasteiger partial charge is 0.367 e. The number of nitrogens with zero attached hydrogens (tertiary/aromatic N) is 2. The third-order valence-electron chi connectivity index (χ3n) is 3.11. The van der Waals surface area contributed by atoms with Crippen molar-refractivity contribution in [1.29, 1.82) is 0 Å². The van der Waals surface area contributed by atoms with Gasteiger partial charge in [0.15, 0.2) is 0 Å². The highest BCUT2D eigenvalue weighted by atomic mass is 35.5. The van der Waals surface area contributed by atoms with Gasteiger partial charge in [-0.05, 0) is 25.1 Å². The van der Waals surface area contributed by atoms with Crippen LogP contribution in [0.1, 0.15) is 18.5 Å². The van der Waals surface area contributed by atoms with Crippen molar-refractivity contribution in [1.82, 2.24) is 9.78 Å². The van der Waals surface area contributed by atoms with E-state index in [-0.39, 0.29) is 5.91 Å². The van der Waals surface area contributed by atoms with Gasteiger partial charge in [0.1, 0.15) is 6.04 Å². The van der Waals surface area contributed by atoms with Crippen molar-refractivity contribution in [2.75, 3.05) is 10.6 Å². The molecular weight excluding hydrogens is 264 g/mol. The minimum absolute atomic E-state index is 0.0819. The highest BCUT2D eigenvalue weighted by molar-refractivity contribution is 6.31. The van der Waals surface area contributed by atoms with E-state index < -0.39 is 6.04 Å². The van der Waals surface area contributed by atoms with E-state index in [0.717, 1.165) is 23.5 Å². The Balaban J connectivity index is 1.89. The summed E-state index contributed by atoms with van der Waals surface area (Å²) in [6, 6.07) is 4.95. The molecule has 1 atom stereocenters. The molecule has 3 rings (SSSR count). The Hall–Kier alpha value is -2.01. The molecule has 1 aliphatic heterocycles. The van der Waals surface area contributed by atoms with Gasteiger partial charge in [-0.1, -0.05) is 11.6 Å². The Morgan fingerprint density at radius 3 is 3.11 bits per heavy atom. The summed E-state index contributed by atoms with van der Waals surface area (Å²) in [4.78, 5) is 12.0. The fraction of sp³-hybridized carbons (Fsp3) is 0.231. The smallest absolute Gasteiger partial charge is 0.251 e. The van der Waals surface area contributed by atoms with Gasteiger partial charge in [-0.25, -0.2) is 0 Å². The number of fused-ring (bicyclic) bond motifs is 1. The van der Waals surface area contributed by atoms with E-state index >= 15 is 0 Å². The maximum absolute atomic E-state index is 12.0. The summed E-state index contributed by atoms with van der Waals surface area (Å²) in [5.41, 5.74) is 2.48. The number of amides is 1. The van der Waals surface area contributed by atoms with E-state index in [9.17, 15) is 4.79 Å². The number of carbonyl (C=O) groups excluding carboxylic acids is 1. The van der Waals surface area contributed by atoms with Gasteiger partial charge in [-0.2, -0.15) is 5.10 Å². The molecule has 0 aliphatic carbocycles. The molecule has 0 spiro atoms. The van der Waals surface area contributed by atoms with Gasteiger partial charge in [-0.3, -0.25) is 9.48 Å². The SMILES string of the molecule is CCn1cc(NC2C(=O)Nc3ccc(Cl)cc32)cn1. The van der Waals surface area contributed by atoms with Gasteiger partial charge in [0.25, 0.3) is 5.91 Å². The van der Waals surface area contributed by atoms with E-state index in [4.69, 9.17) is 11.6 Å². The minimum Gasteiger partial charge on any atom is -0.367 e. The molecule has 1 unspecified atom stereocenters. The fourth-order valence-electron chi connectivity index (χ4n) is 2.15. The maximum atomic E-state index is 12.0. The summed E-state index contributed by atoms with van der Waals surface area (Å²) < 4.78 is 1.80. The first-order valence-electron chi connectivity index (χ1n) is 6.06. The van der Waals surface area contributed by atoms with Gasteiger partial charge in [0, 0.05) is 29.0 Å². The van der Waals surface area contributed by atoms with Crippen molar-refractivity contribution < 1.29 is 4.79 Å². The normalized spacial score (nSPS) is 17.2. The molecule has 0 saturated carbocycles. The average molecular weight is 277 g/mol. The molecule has 98 valence electrons. The van der Waals surface area contributed by atoms with Crippen LogP contribution in [0.25, 0.3) is 0 Å². The van der Waals surface area contributed by atoms with Crippen molar-refractivity contribution in [2.24, 2.45) is 0 Å². The number of nitrogens with one attached hydrogen (secondary N) is 2. The van der Waals surface area contributed by atoms with Crippen molar-refractivity contribution in [3.63, 3.8) is 0 Å². The van der Waals surface area contributed by atoms with E-state index in [1.807, 2.05) is 19.2 Å². The first-order chi connectivity index (χ1) is 9.17. The van der Waals surface area contributed by atoms with Gasteiger partial charge in [0.2, 0.25) is 0 Å². The number of carbonyl (C=O) groups is 1. The molecule has 5 nitrogen and oxygen atoms in total. The monoisotopic (exact) mass is 276 g/mol. The Labute approximate surface area is 115 Å². The third-order valence-corrected chi connectivity index (χ3v) is 3.35. The summed E-state index contributed by atoms with van der Waals surface area (Å²) in [5, 5.41) is 10.8. The summed E-state index contributed by atoms with van der Waals surface area (Å²) in [5.74, 6) is -0.0819. The number of benzene rings is 1. The third kappa shape index (κ3) is 2.17. The van der Waals surface area contributed by atoms with Crippen LogP contribution in [0, 0.1) is 0 Å².